The molecular formula is C19H22N8. The van der Waals surface area contributed by atoms with Crippen LogP contribution in [0.5, 0.6) is 0 Å². The zero-order valence-corrected chi connectivity index (χ0v) is 15.3. The van der Waals surface area contributed by atoms with Crippen molar-refractivity contribution in [3.05, 3.63) is 30.6 Å². The summed E-state index contributed by atoms with van der Waals surface area (Å²) in [5, 5.41) is 13.9. The third kappa shape index (κ3) is 2.35. The van der Waals surface area contributed by atoms with E-state index in [9.17, 15) is 0 Å². The molecule has 4 heterocycles. The molecule has 0 spiro atoms. The van der Waals surface area contributed by atoms with Crippen molar-refractivity contribution in [3.63, 3.8) is 0 Å². The Morgan fingerprint density at radius 1 is 1.15 bits per heavy atom. The van der Waals surface area contributed by atoms with E-state index in [2.05, 4.69) is 41.4 Å². The van der Waals surface area contributed by atoms with E-state index >= 15 is 0 Å². The number of nitrogens with zero attached hydrogens (tertiary/aromatic N) is 8. The lowest BCUT2D eigenvalue weighted by Crippen LogP contribution is -2.20. The Morgan fingerprint density at radius 3 is 2.93 bits per heavy atom. The van der Waals surface area contributed by atoms with E-state index in [1.807, 2.05) is 18.6 Å². The minimum atomic E-state index is 0.0241. The summed E-state index contributed by atoms with van der Waals surface area (Å²) >= 11 is 0. The Hall–Kier alpha value is -2.64. The number of rotatable bonds is 4. The van der Waals surface area contributed by atoms with Gasteiger partial charge < -0.3 is 0 Å². The second kappa shape index (κ2) is 5.68. The summed E-state index contributed by atoms with van der Waals surface area (Å²) in [5.74, 6) is 4.25. The van der Waals surface area contributed by atoms with E-state index in [0.717, 1.165) is 42.4 Å². The Morgan fingerprint density at radius 2 is 2.07 bits per heavy atom. The summed E-state index contributed by atoms with van der Waals surface area (Å²) in [4.78, 5) is 13.3. The van der Waals surface area contributed by atoms with Gasteiger partial charge in [0.25, 0.3) is 0 Å². The largest absolute Gasteiger partial charge is 0.295 e. The molecule has 1 aromatic rings. The maximum Gasteiger partial charge on any atom is 0.176 e. The maximum absolute atomic E-state index is 4.79. The van der Waals surface area contributed by atoms with Gasteiger partial charge in [0.15, 0.2) is 23.6 Å². The van der Waals surface area contributed by atoms with Gasteiger partial charge in [0.1, 0.15) is 6.33 Å². The predicted molar refractivity (Wildman–Crippen MR) is 97.7 cm³/mol. The molecule has 8 heteroatoms. The van der Waals surface area contributed by atoms with Crippen molar-refractivity contribution in [2.45, 2.75) is 57.2 Å². The molecule has 2 aliphatic carbocycles. The summed E-state index contributed by atoms with van der Waals surface area (Å²) < 4.78 is 4.34. The average molecular weight is 362 g/mol. The molecule has 0 amide bonds. The highest BCUT2D eigenvalue weighted by Gasteiger charge is 2.43. The van der Waals surface area contributed by atoms with Crippen molar-refractivity contribution >= 4 is 5.82 Å². The van der Waals surface area contributed by atoms with Crippen LogP contribution in [0.1, 0.15) is 63.0 Å². The number of fused-ring (bicyclic) bond motifs is 3. The topological polar surface area (TPSA) is 86.1 Å². The van der Waals surface area contributed by atoms with Gasteiger partial charge in [0, 0.05) is 18.0 Å². The van der Waals surface area contributed by atoms with Crippen LogP contribution in [0.25, 0.3) is 11.5 Å². The van der Waals surface area contributed by atoms with E-state index in [0.29, 0.717) is 23.8 Å². The van der Waals surface area contributed by atoms with Crippen molar-refractivity contribution < 1.29 is 0 Å². The third-order valence-electron chi connectivity index (χ3n) is 6.48. The molecule has 2 saturated carbocycles. The van der Waals surface area contributed by atoms with Gasteiger partial charge in [-0.1, -0.05) is 13.3 Å². The molecule has 2 fully saturated rings. The molecule has 0 bridgehead atoms. The lowest BCUT2D eigenvalue weighted by Gasteiger charge is -2.25. The molecule has 4 atom stereocenters. The molecule has 5 aliphatic rings. The summed E-state index contributed by atoms with van der Waals surface area (Å²) in [5.41, 5.74) is 1.03. The Bertz CT molecular complexity index is 983. The molecule has 6 rings (SSSR count). The van der Waals surface area contributed by atoms with E-state index in [4.69, 9.17) is 5.10 Å². The molecule has 1 unspecified atom stereocenters. The minimum absolute atomic E-state index is 0.0241. The molecule has 3 aliphatic heterocycles. The molecule has 0 radical (unpaired) electrons. The van der Waals surface area contributed by atoms with Crippen molar-refractivity contribution in [3.8, 4) is 11.5 Å². The molecule has 27 heavy (non-hydrogen) atoms. The summed E-state index contributed by atoms with van der Waals surface area (Å²) in [6.07, 6.45) is 11.4. The molecule has 8 nitrogen and oxygen atoms in total. The Labute approximate surface area is 157 Å². The van der Waals surface area contributed by atoms with Crippen molar-refractivity contribution in [1.82, 2.24) is 29.3 Å². The second-order valence-corrected chi connectivity index (χ2v) is 8.08. The highest BCUT2D eigenvalue weighted by molar-refractivity contribution is 5.56. The van der Waals surface area contributed by atoms with Crippen molar-refractivity contribution in [2.24, 2.45) is 22.1 Å². The smallest absolute Gasteiger partial charge is 0.176 e. The van der Waals surface area contributed by atoms with Crippen molar-refractivity contribution in [2.75, 3.05) is 0 Å². The van der Waals surface area contributed by atoms with E-state index in [1.165, 1.54) is 12.8 Å². The number of hydrogen-bond donors (Lipinski definition) is 0. The number of hydrogen-bond acceptors (Lipinski definition) is 6. The van der Waals surface area contributed by atoms with Gasteiger partial charge in [-0.15, -0.1) is 5.11 Å². The maximum atomic E-state index is 4.79. The van der Waals surface area contributed by atoms with Crippen LogP contribution < -0.4 is 0 Å². The molecule has 0 N–H and O–H groups in total. The van der Waals surface area contributed by atoms with Gasteiger partial charge in [-0.3, -0.25) is 4.57 Å². The van der Waals surface area contributed by atoms with E-state index < -0.39 is 0 Å². The Balaban J connectivity index is 1.32. The minimum Gasteiger partial charge on any atom is -0.295 e. The van der Waals surface area contributed by atoms with Gasteiger partial charge >= 0.3 is 0 Å². The highest BCUT2D eigenvalue weighted by Crippen LogP contribution is 2.50. The van der Waals surface area contributed by atoms with Crippen LogP contribution in [0.3, 0.4) is 0 Å². The fourth-order valence-corrected chi connectivity index (χ4v) is 4.88. The average Bonchev–Trinajstić information content (AvgIpc) is 3.14. The normalized spacial score (nSPS) is 29.7. The summed E-state index contributed by atoms with van der Waals surface area (Å²) in [6.45, 7) is 2.28. The summed E-state index contributed by atoms with van der Waals surface area (Å²) in [7, 11) is 0. The fraction of sp³-hybridized carbons (Fsp3) is 0.579. The lowest BCUT2D eigenvalue weighted by molar-refractivity contribution is 0.268. The molecular weight excluding hydrogens is 340 g/mol. The molecule has 0 saturated heterocycles. The standard InChI is InChI=1S/C19H22N8/c1-2-11-7-13(26-10-22-17(25-26)12-3-4-12)8-14(11)19-24-23-16-9-21-18-15(27(16)19)5-6-20-18/h5-6,9-14,19H,2-4,7-8H2,1H3/t11-,13+,14+,19?/m1/s1. The molecule has 138 valence electrons. The fourth-order valence-electron chi connectivity index (χ4n) is 4.88. The van der Waals surface area contributed by atoms with Gasteiger partial charge in [-0.2, -0.15) is 10.2 Å². The first kappa shape index (κ1) is 15.4. The third-order valence-corrected chi connectivity index (χ3v) is 6.48. The van der Waals surface area contributed by atoms with Crippen LogP contribution in [0.2, 0.25) is 0 Å². The van der Waals surface area contributed by atoms with Crippen molar-refractivity contribution in [1.29, 1.82) is 0 Å². The first-order valence-corrected chi connectivity index (χ1v) is 9.95. The zero-order valence-electron chi connectivity index (χ0n) is 15.3. The predicted octanol–water partition coefficient (Wildman–Crippen LogP) is 4.13. The number of azo groups is 1. The first-order valence-electron chi connectivity index (χ1n) is 9.95. The van der Waals surface area contributed by atoms with E-state index in [1.54, 1.807) is 6.20 Å². The zero-order chi connectivity index (χ0) is 18.0. The highest BCUT2D eigenvalue weighted by atomic mass is 15.4. The van der Waals surface area contributed by atoms with Crippen LogP contribution in [-0.2, 0) is 0 Å². The second-order valence-electron chi connectivity index (χ2n) is 8.08. The van der Waals surface area contributed by atoms with Crippen LogP contribution in [0.4, 0.5) is 5.82 Å². The van der Waals surface area contributed by atoms with E-state index in [-0.39, 0.29) is 6.17 Å². The molecule has 0 aromatic carbocycles. The SMILES string of the molecule is CC[C@@H]1C[C@H](n2cnc(C3CC3)n2)C[C@@H]1C1N=Nc2cnc3nccc-3n21. The lowest BCUT2D eigenvalue weighted by atomic mass is 9.91. The van der Waals surface area contributed by atoms with Gasteiger partial charge in [0.05, 0.1) is 17.9 Å². The van der Waals surface area contributed by atoms with Gasteiger partial charge in [-0.25, -0.2) is 19.6 Å². The molecule has 1 aromatic heterocycles. The van der Waals surface area contributed by atoms with Crippen LogP contribution in [0, 0.1) is 11.8 Å². The monoisotopic (exact) mass is 362 g/mol. The first-order chi connectivity index (χ1) is 13.3. The van der Waals surface area contributed by atoms with Gasteiger partial charge in [0.2, 0.25) is 0 Å². The quantitative estimate of drug-likeness (QED) is 0.698. The van der Waals surface area contributed by atoms with Crippen LogP contribution >= 0.6 is 0 Å². The Kier molecular flexibility index (Phi) is 3.24. The van der Waals surface area contributed by atoms with Gasteiger partial charge in [-0.05, 0) is 37.7 Å². The number of aromatic nitrogens is 6. The van der Waals surface area contributed by atoms with Crippen LogP contribution in [-0.4, -0.2) is 29.3 Å². The van der Waals surface area contributed by atoms with Crippen LogP contribution in [0.15, 0.2) is 35.0 Å². The summed E-state index contributed by atoms with van der Waals surface area (Å²) in [6, 6.07) is 2.41.